The molecule has 0 saturated carbocycles. The van der Waals surface area contributed by atoms with Crippen molar-refractivity contribution in [1.82, 2.24) is 9.47 Å². The molecular weight excluding hydrogens is 343 g/mol. The van der Waals surface area contributed by atoms with E-state index < -0.39 is 11.8 Å². The predicted octanol–water partition coefficient (Wildman–Crippen LogP) is 1.29. The number of oxazole rings is 1. The van der Waals surface area contributed by atoms with Gasteiger partial charge in [0.2, 0.25) is 5.91 Å². The molecule has 0 fully saturated rings. The molecule has 1 aromatic carbocycles. The van der Waals surface area contributed by atoms with Gasteiger partial charge in [0.1, 0.15) is 0 Å². The first kappa shape index (κ1) is 21.5. The average Bonchev–Trinajstić information content (AvgIpc) is 2.71. The van der Waals surface area contributed by atoms with Gasteiger partial charge in [-0.2, -0.15) is 0 Å². The first-order valence-corrected chi connectivity index (χ1v) is 6.73. The van der Waals surface area contributed by atoms with Gasteiger partial charge >= 0.3 is 5.76 Å². The minimum Gasteiger partial charge on any atom is -0.408 e. The van der Waals surface area contributed by atoms with Crippen molar-refractivity contribution in [2.24, 2.45) is 5.73 Å². The number of carbonyl (C=O) groups is 1. The largest absolute Gasteiger partial charge is 0.419 e. The molecule has 130 valence electrons. The van der Waals surface area contributed by atoms with Gasteiger partial charge in [-0.05, 0) is 39.2 Å². The topological polar surface area (TPSA) is 93.5 Å². The molecule has 0 bridgehead atoms. The molecule has 2 rings (SSSR count). The number of nitrogens with zero attached hydrogens (tertiary/aromatic N) is 2. The monoisotopic (exact) mass is 364 g/mol. The van der Waals surface area contributed by atoms with Crippen molar-refractivity contribution in [3.05, 3.63) is 28.7 Å². The summed E-state index contributed by atoms with van der Waals surface area (Å²) in [4.78, 5) is 25.5. The lowest BCUT2D eigenvalue weighted by molar-refractivity contribution is -0.117. The number of nitrogens with two attached hydrogens (primary N) is 1. The number of rotatable bonds is 5. The minimum absolute atomic E-state index is 0. The molecule has 0 aliphatic rings. The molecule has 23 heavy (non-hydrogen) atoms. The maximum atomic E-state index is 11.9. The fourth-order valence-corrected chi connectivity index (χ4v) is 1.91. The third-order valence-corrected chi connectivity index (χ3v) is 3.12. The zero-order valence-corrected chi connectivity index (χ0v) is 14.9. The van der Waals surface area contributed by atoms with E-state index in [9.17, 15) is 9.59 Å². The molecule has 1 atom stereocenters. The number of fused-ring (bicyclic) bond motifs is 1. The number of aromatic nitrogens is 1. The van der Waals surface area contributed by atoms with E-state index in [4.69, 9.17) is 10.2 Å². The van der Waals surface area contributed by atoms with Crippen LogP contribution in [0, 0.1) is 0 Å². The van der Waals surface area contributed by atoms with E-state index in [-0.39, 0.29) is 30.7 Å². The van der Waals surface area contributed by atoms with E-state index in [0.29, 0.717) is 29.9 Å². The van der Waals surface area contributed by atoms with Crippen molar-refractivity contribution in [3.63, 3.8) is 0 Å². The van der Waals surface area contributed by atoms with E-state index in [1.54, 1.807) is 29.7 Å². The van der Waals surface area contributed by atoms with Gasteiger partial charge in [-0.25, -0.2) is 4.79 Å². The number of nitrogens with one attached hydrogen (secondary N) is 1. The van der Waals surface area contributed by atoms with Crippen LogP contribution in [-0.4, -0.2) is 42.1 Å². The summed E-state index contributed by atoms with van der Waals surface area (Å²) >= 11 is 0. The van der Waals surface area contributed by atoms with Crippen molar-refractivity contribution in [3.8, 4) is 0 Å². The molecule has 0 unspecified atom stereocenters. The Labute approximate surface area is 146 Å². The van der Waals surface area contributed by atoms with Gasteiger partial charge in [0, 0.05) is 18.8 Å². The Balaban J connectivity index is 0.00000242. The first-order valence-electron chi connectivity index (χ1n) is 6.73. The number of carbonyl (C=O) groups excluding carboxylic acids is 1. The summed E-state index contributed by atoms with van der Waals surface area (Å²) in [6.07, 6.45) is 0. The van der Waals surface area contributed by atoms with Crippen LogP contribution in [0.25, 0.3) is 11.1 Å². The van der Waals surface area contributed by atoms with Crippen LogP contribution < -0.4 is 16.8 Å². The second-order valence-electron chi connectivity index (χ2n) is 5.28. The molecule has 0 aliphatic heterocycles. The quantitative estimate of drug-likeness (QED) is 0.833. The Morgan fingerprint density at radius 3 is 2.61 bits per heavy atom. The summed E-state index contributed by atoms with van der Waals surface area (Å²) in [5.41, 5.74) is 7.26. The number of anilines is 1. The van der Waals surface area contributed by atoms with Crippen molar-refractivity contribution in [1.29, 1.82) is 0 Å². The van der Waals surface area contributed by atoms with E-state index in [0.717, 1.165) is 0 Å². The molecule has 1 aromatic heterocycles. The van der Waals surface area contributed by atoms with Gasteiger partial charge in [0.15, 0.2) is 5.58 Å². The van der Waals surface area contributed by atoms with Gasteiger partial charge in [-0.1, -0.05) is 0 Å². The highest BCUT2D eigenvalue weighted by molar-refractivity contribution is 5.95. The Hall–Kier alpha value is -1.54. The second kappa shape index (κ2) is 8.93. The van der Waals surface area contributed by atoms with Crippen LogP contribution in [0.3, 0.4) is 0 Å². The van der Waals surface area contributed by atoms with E-state index in [2.05, 4.69) is 5.32 Å². The van der Waals surface area contributed by atoms with Crippen LogP contribution in [0.2, 0.25) is 0 Å². The molecule has 0 saturated heterocycles. The third-order valence-electron chi connectivity index (χ3n) is 3.12. The standard InChI is InChI=1S/C14H20N4O3.2ClH/c1-9(15)13(19)16-10-4-5-12-11(8-10)18(14(20)21-12)7-6-17(2)3;;/h4-5,8-9H,6-7,15H2,1-3H3,(H,16,19);2*1H/t9-;;/m1../s1. The van der Waals surface area contributed by atoms with Crippen LogP contribution in [0.5, 0.6) is 0 Å². The zero-order chi connectivity index (χ0) is 15.6. The van der Waals surface area contributed by atoms with Crippen LogP contribution in [0.1, 0.15) is 6.92 Å². The molecule has 7 nitrogen and oxygen atoms in total. The maximum Gasteiger partial charge on any atom is 0.419 e. The fraction of sp³-hybridized carbons (Fsp3) is 0.429. The van der Waals surface area contributed by atoms with Gasteiger partial charge < -0.3 is 20.4 Å². The van der Waals surface area contributed by atoms with Crippen molar-refractivity contribution < 1.29 is 9.21 Å². The molecule has 9 heteroatoms. The zero-order valence-electron chi connectivity index (χ0n) is 13.2. The van der Waals surface area contributed by atoms with Crippen molar-refractivity contribution in [2.75, 3.05) is 26.0 Å². The summed E-state index contributed by atoms with van der Waals surface area (Å²) in [7, 11) is 3.86. The highest BCUT2D eigenvalue weighted by Crippen LogP contribution is 2.18. The summed E-state index contributed by atoms with van der Waals surface area (Å²) in [5, 5.41) is 2.70. The molecule has 0 aliphatic carbocycles. The molecular formula is C14H22Cl2N4O3. The van der Waals surface area contributed by atoms with Gasteiger partial charge in [-0.3, -0.25) is 9.36 Å². The summed E-state index contributed by atoms with van der Waals surface area (Å²) < 4.78 is 6.74. The smallest absolute Gasteiger partial charge is 0.408 e. The summed E-state index contributed by atoms with van der Waals surface area (Å²) in [5.74, 6) is -0.678. The van der Waals surface area contributed by atoms with Crippen LogP contribution in [0.4, 0.5) is 5.69 Å². The fourth-order valence-electron chi connectivity index (χ4n) is 1.91. The first-order chi connectivity index (χ1) is 9.88. The number of benzene rings is 1. The van der Waals surface area contributed by atoms with Crippen molar-refractivity contribution >= 4 is 47.5 Å². The number of hydrogen-bond donors (Lipinski definition) is 2. The molecule has 1 amide bonds. The highest BCUT2D eigenvalue weighted by atomic mass is 35.5. The molecule has 3 N–H and O–H groups in total. The van der Waals surface area contributed by atoms with E-state index in [1.165, 1.54) is 0 Å². The maximum absolute atomic E-state index is 11.9. The molecule has 2 aromatic rings. The minimum atomic E-state index is -0.596. The summed E-state index contributed by atoms with van der Waals surface area (Å²) in [6.45, 7) is 2.84. The third kappa shape index (κ3) is 5.24. The lowest BCUT2D eigenvalue weighted by atomic mass is 10.2. The Morgan fingerprint density at radius 2 is 2.04 bits per heavy atom. The highest BCUT2D eigenvalue weighted by Gasteiger charge is 2.12. The normalized spacial score (nSPS) is 11.7. The number of halogens is 2. The van der Waals surface area contributed by atoms with E-state index >= 15 is 0 Å². The van der Waals surface area contributed by atoms with E-state index in [1.807, 2.05) is 19.0 Å². The number of hydrogen-bond acceptors (Lipinski definition) is 5. The number of amides is 1. The van der Waals surface area contributed by atoms with Crippen molar-refractivity contribution in [2.45, 2.75) is 19.5 Å². The predicted molar refractivity (Wildman–Crippen MR) is 95.8 cm³/mol. The Morgan fingerprint density at radius 1 is 1.39 bits per heavy atom. The van der Waals surface area contributed by atoms with Gasteiger partial charge in [0.05, 0.1) is 11.6 Å². The Bertz CT molecular complexity index is 710. The lowest BCUT2D eigenvalue weighted by Crippen LogP contribution is -2.32. The second-order valence-corrected chi connectivity index (χ2v) is 5.28. The Kier molecular flexibility index (Phi) is 8.33. The number of likely N-dealkylation sites (N-methyl/N-ethyl adjacent to an activating group) is 1. The van der Waals surface area contributed by atoms with Crippen LogP contribution in [-0.2, 0) is 11.3 Å². The molecule has 1 heterocycles. The average molecular weight is 365 g/mol. The molecule has 0 radical (unpaired) electrons. The summed E-state index contributed by atoms with van der Waals surface area (Å²) in [6, 6.07) is 4.47. The SMILES string of the molecule is C[C@@H](N)C(=O)Nc1ccc2oc(=O)n(CCN(C)C)c2c1.Cl.Cl. The molecule has 0 spiro atoms. The van der Waals surface area contributed by atoms with Gasteiger partial charge in [-0.15, -0.1) is 24.8 Å². The van der Waals surface area contributed by atoms with Crippen LogP contribution >= 0.6 is 24.8 Å². The lowest BCUT2D eigenvalue weighted by Gasteiger charge is -2.10. The van der Waals surface area contributed by atoms with Gasteiger partial charge in [0.25, 0.3) is 0 Å². The van der Waals surface area contributed by atoms with Crippen LogP contribution in [0.15, 0.2) is 27.4 Å².